The zero-order valence-corrected chi connectivity index (χ0v) is 5.24. The maximum atomic E-state index is 8.68. The molecule has 0 aliphatic heterocycles. The van der Waals surface area contributed by atoms with Gasteiger partial charge in [-0.05, 0) is 0 Å². The van der Waals surface area contributed by atoms with Crippen molar-refractivity contribution >= 4 is 46.3 Å². The fourth-order valence-corrected chi connectivity index (χ4v) is 0. The summed E-state index contributed by atoms with van der Waals surface area (Å²) in [5, 5.41) is 0. The molecule has 0 atom stereocenters. The molecule has 0 aliphatic rings. The van der Waals surface area contributed by atoms with Gasteiger partial charge in [-0.1, -0.05) is 0 Å². The van der Waals surface area contributed by atoms with Crippen molar-refractivity contribution in [3.63, 3.8) is 0 Å². The van der Waals surface area contributed by atoms with Gasteiger partial charge in [0.05, 0.1) is 0 Å². The first-order valence-electron chi connectivity index (χ1n) is 0.441. The van der Waals surface area contributed by atoms with Crippen molar-refractivity contribution in [2.45, 2.75) is 0 Å². The average molecular weight is 105 g/mol. The van der Waals surface area contributed by atoms with Crippen LogP contribution in [0.2, 0.25) is 0 Å². The van der Waals surface area contributed by atoms with Gasteiger partial charge in [0, 0.05) is 0 Å². The third-order valence-electron chi connectivity index (χ3n) is 0. The summed E-state index contributed by atoms with van der Waals surface area (Å²) in [7, 11) is -0.333. The number of hydrogen-bond acceptors (Lipinski definition) is 1. The molecule has 0 heterocycles. The van der Waals surface area contributed by atoms with Crippen molar-refractivity contribution in [2.75, 3.05) is 0 Å². The molecule has 0 saturated carbocycles. The van der Waals surface area contributed by atoms with Crippen molar-refractivity contribution < 1.29 is 7.42 Å². The van der Waals surface area contributed by atoms with E-state index in [9.17, 15) is 0 Å². The summed E-state index contributed by atoms with van der Waals surface area (Å²) in [5.41, 5.74) is 4.26. The number of rotatable bonds is 0. The van der Waals surface area contributed by atoms with Crippen LogP contribution in [0.1, 0.15) is 2.85 Å². The van der Waals surface area contributed by atoms with Gasteiger partial charge in [-0.2, -0.15) is 0 Å². The van der Waals surface area contributed by atoms with Crippen LogP contribution in [-0.2, 0) is 4.57 Å². The molecular formula is H4CaNOP. The molecule has 0 rings (SSSR count). The summed E-state index contributed by atoms with van der Waals surface area (Å²) in [5.74, 6) is 0. The molecule has 4 heavy (non-hydrogen) atoms. The maximum Gasteiger partial charge on any atom is 2.00 e. The first-order valence-corrected chi connectivity index (χ1v) is 1.32. The van der Waals surface area contributed by atoms with E-state index in [1.165, 1.54) is 0 Å². The second kappa shape index (κ2) is 8.85. The van der Waals surface area contributed by atoms with Crippen LogP contribution in [-0.4, -0.2) is 37.7 Å². The van der Waals surface area contributed by atoms with Crippen LogP contribution >= 0.6 is 8.61 Å². The van der Waals surface area contributed by atoms with Gasteiger partial charge in [0.2, 0.25) is 8.61 Å². The third kappa shape index (κ3) is 10.3. The number of nitrogens with two attached hydrogens (primary N) is 1. The standard InChI is InChI=1S/Ca.H2NOP.2H/c;1-3-2;;/h;(H2,1,2);;/q+2;;2*-1. The van der Waals surface area contributed by atoms with Crippen molar-refractivity contribution in [2.24, 2.45) is 5.50 Å². The zero-order chi connectivity index (χ0) is 2.71. The van der Waals surface area contributed by atoms with E-state index in [4.69, 9.17) is 4.57 Å². The Morgan fingerprint density at radius 2 is 2.00 bits per heavy atom. The fraction of sp³-hybridized carbons (Fsp3) is 0. The molecule has 0 amide bonds. The van der Waals surface area contributed by atoms with Gasteiger partial charge in [-0.15, -0.1) is 0 Å². The van der Waals surface area contributed by atoms with Gasteiger partial charge in [-0.25, -0.2) is 0 Å². The van der Waals surface area contributed by atoms with Crippen LogP contribution in [0.3, 0.4) is 0 Å². The molecule has 0 saturated heterocycles. The topological polar surface area (TPSA) is 43.1 Å². The summed E-state index contributed by atoms with van der Waals surface area (Å²) >= 11 is 0. The molecular weight excluding hydrogens is 101 g/mol. The van der Waals surface area contributed by atoms with Gasteiger partial charge in [0.25, 0.3) is 0 Å². The molecule has 0 bridgehead atoms. The van der Waals surface area contributed by atoms with E-state index in [2.05, 4.69) is 5.50 Å². The Morgan fingerprint density at radius 1 is 2.00 bits per heavy atom. The first kappa shape index (κ1) is 9.01. The summed E-state index contributed by atoms with van der Waals surface area (Å²) in [4.78, 5) is 0. The van der Waals surface area contributed by atoms with Crippen molar-refractivity contribution in [1.29, 1.82) is 0 Å². The van der Waals surface area contributed by atoms with Crippen LogP contribution in [0.25, 0.3) is 0 Å². The molecule has 0 aromatic carbocycles. The van der Waals surface area contributed by atoms with E-state index in [1.54, 1.807) is 0 Å². The summed E-state index contributed by atoms with van der Waals surface area (Å²) in [6, 6.07) is 0. The van der Waals surface area contributed by atoms with Crippen molar-refractivity contribution in [3.05, 3.63) is 0 Å². The fourth-order valence-electron chi connectivity index (χ4n) is 0. The largest absolute Gasteiger partial charge is 2.00 e. The molecule has 0 aromatic heterocycles. The van der Waals surface area contributed by atoms with E-state index in [-0.39, 0.29) is 49.2 Å². The van der Waals surface area contributed by atoms with Gasteiger partial charge >= 0.3 is 37.7 Å². The number of hydrogen-bond donors (Lipinski definition) is 1. The van der Waals surface area contributed by atoms with Crippen molar-refractivity contribution in [3.8, 4) is 0 Å². The van der Waals surface area contributed by atoms with Crippen molar-refractivity contribution in [1.82, 2.24) is 0 Å². The van der Waals surface area contributed by atoms with Gasteiger partial charge in [-0.3, -0.25) is 10.1 Å². The van der Waals surface area contributed by atoms with E-state index < -0.39 is 0 Å². The third-order valence-corrected chi connectivity index (χ3v) is 0. The second-order valence-corrected chi connectivity index (χ2v) is 0.316. The molecule has 0 aromatic rings. The van der Waals surface area contributed by atoms with Crippen LogP contribution in [0.4, 0.5) is 0 Å². The van der Waals surface area contributed by atoms with Gasteiger partial charge in [0.1, 0.15) is 0 Å². The Labute approximate surface area is 59.0 Å². The maximum absolute atomic E-state index is 8.68. The van der Waals surface area contributed by atoms with E-state index in [0.29, 0.717) is 0 Å². The molecule has 22 valence electrons. The molecule has 0 radical (unpaired) electrons. The normalized spacial score (nSPS) is 5.25. The van der Waals surface area contributed by atoms with Crippen LogP contribution in [0, 0.1) is 0 Å². The smallest absolute Gasteiger partial charge is 1.00 e. The molecule has 0 fully saturated rings. The van der Waals surface area contributed by atoms with Gasteiger partial charge < -0.3 is 2.85 Å². The monoisotopic (exact) mass is 105 g/mol. The average Bonchev–Trinajstić information content (AvgIpc) is 0.918. The SMILES string of the molecule is NP=O.[Ca+2].[H-].[H-]. The predicted molar refractivity (Wildman–Crippen MR) is 19.8 cm³/mol. The Balaban J connectivity index is -0.00000000667. The molecule has 2 nitrogen and oxygen atoms in total. The zero-order valence-electron chi connectivity index (χ0n) is 4.14. The van der Waals surface area contributed by atoms with Gasteiger partial charge in [0.15, 0.2) is 0 Å². The Morgan fingerprint density at radius 3 is 2.00 bits per heavy atom. The van der Waals surface area contributed by atoms with Crippen LogP contribution in [0.15, 0.2) is 0 Å². The molecule has 4 heteroatoms. The van der Waals surface area contributed by atoms with E-state index >= 15 is 0 Å². The van der Waals surface area contributed by atoms with Crippen LogP contribution < -0.4 is 5.50 Å². The molecule has 0 unspecified atom stereocenters. The minimum atomic E-state index is -0.333. The Bertz CT molecular complexity index is 21.0. The molecule has 2 N–H and O–H groups in total. The molecule has 0 aliphatic carbocycles. The summed E-state index contributed by atoms with van der Waals surface area (Å²) in [6.07, 6.45) is 0. The Kier molecular flexibility index (Phi) is 19.9. The summed E-state index contributed by atoms with van der Waals surface area (Å²) in [6.45, 7) is 0. The van der Waals surface area contributed by atoms with E-state index in [0.717, 1.165) is 0 Å². The predicted octanol–water partition coefficient (Wildman–Crippen LogP) is -0.00400. The molecule has 0 spiro atoms. The first-order chi connectivity index (χ1) is 1.41. The summed E-state index contributed by atoms with van der Waals surface area (Å²) < 4.78 is 8.68. The Hall–Kier alpha value is 1.32. The van der Waals surface area contributed by atoms with Crippen LogP contribution in [0.5, 0.6) is 0 Å². The quantitative estimate of drug-likeness (QED) is 0.348. The minimum Gasteiger partial charge on any atom is -1.00 e. The van der Waals surface area contributed by atoms with E-state index in [1.807, 2.05) is 0 Å². The minimum absolute atomic E-state index is 0. The second-order valence-electron chi connectivity index (χ2n) is 0.105.